The standard InChI is InChI=1S/C32H24O2/c1-34-20-17-18-22-21-9-2-5-13-26(21)32(29(22)19-20)27-14-6-3-11-25(27)31-24(12-8-15-28(31)32)23-10-4-7-16-30(23)33/h2-16,19,33H,17-18H2,1H3. The number of benzene rings is 4. The van der Waals surface area contributed by atoms with Gasteiger partial charge in [-0.05, 0) is 68.7 Å². The Morgan fingerprint density at radius 2 is 1.26 bits per heavy atom. The van der Waals surface area contributed by atoms with Crippen molar-refractivity contribution < 1.29 is 9.84 Å². The van der Waals surface area contributed by atoms with Crippen LogP contribution in [0.5, 0.6) is 5.75 Å². The quantitative estimate of drug-likeness (QED) is 0.350. The van der Waals surface area contributed by atoms with Crippen molar-refractivity contribution in [3.63, 3.8) is 0 Å². The molecule has 3 aliphatic carbocycles. The average molecular weight is 441 g/mol. The highest BCUT2D eigenvalue weighted by molar-refractivity contribution is 6.01. The Hall–Kier alpha value is -4.04. The highest BCUT2D eigenvalue weighted by Gasteiger charge is 2.53. The lowest BCUT2D eigenvalue weighted by Gasteiger charge is -2.32. The van der Waals surface area contributed by atoms with Crippen LogP contribution in [0, 0.1) is 0 Å². The van der Waals surface area contributed by atoms with Crippen molar-refractivity contribution in [2.45, 2.75) is 18.3 Å². The SMILES string of the molecule is COC1=CC2=C(CC1)c1ccccc1C21c2ccccc2-c2c(-c3ccccc3O)cccc21. The first-order chi connectivity index (χ1) is 16.7. The molecule has 0 saturated heterocycles. The first kappa shape index (κ1) is 19.4. The normalized spacial score (nSPS) is 19.4. The molecule has 4 aromatic carbocycles. The van der Waals surface area contributed by atoms with Crippen LogP contribution in [0.25, 0.3) is 27.8 Å². The zero-order chi connectivity index (χ0) is 22.9. The van der Waals surface area contributed by atoms with Gasteiger partial charge in [-0.1, -0.05) is 84.9 Å². The molecule has 3 aliphatic rings. The second-order valence-electron chi connectivity index (χ2n) is 9.29. The van der Waals surface area contributed by atoms with Crippen molar-refractivity contribution in [2.75, 3.05) is 7.11 Å². The third-order valence-electron chi connectivity index (χ3n) is 7.84. The maximum absolute atomic E-state index is 10.8. The molecule has 2 heteroatoms. The molecule has 1 atom stereocenters. The van der Waals surface area contributed by atoms with Crippen LogP contribution < -0.4 is 0 Å². The van der Waals surface area contributed by atoms with Crippen molar-refractivity contribution in [1.82, 2.24) is 0 Å². The number of fused-ring (bicyclic) bond motifs is 9. The van der Waals surface area contributed by atoms with Crippen molar-refractivity contribution in [1.29, 1.82) is 0 Å². The molecular formula is C32H24O2. The Morgan fingerprint density at radius 1 is 0.647 bits per heavy atom. The summed E-state index contributed by atoms with van der Waals surface area (Å²) in [6.07, 6.45) is 4.19. The van der Waals surface area contributed by atoms with E-state index in [4.69, 9.17) is 4.74 Å². The van der Waals surface area contributed by atoms with Crippen LogP contribution in [-0.4, -0.2) is 12.2 Å². The van der Waals surface area contributed by atoms with E-state index in [2.05, 4.69) is 72.8 Å². The van der Waals surface area contributed by atoms with E-state index in [1.807, 2.05) is 18.2 Å². The van der Waals surface area contributed by atoms with E-state index in [1.165, 1.54) is 44.5 Å². The van der Waals surface area contributed by atoms with Crippen LogP contribution >= 0.6 is 0 Å². The zero-order valence-corrected chi connectivity index (χ0v) is 19.0. The summed E-state index contributed by atoms with van der Waals surface area (Å²) in [4.78, 5) is 0. The molecule has 0 aromatic heterocycles. The maximum Gasteiger partial charge on any atom is 0.123 e. The highest BCUT2D eigenvalue weighted by Crippen LogP contribution is 2.64. The predicted octanol–water partition coefficient (Wildman–Crippen LogP) is 7.47. The summed E-state index contributed by atoms with van der Waals surface area (Å²) in [7, 11) is 1.78. The lowest BCUT2D eigenvalue weighted by molar-refractivity contribution is 0.276. The smallest absolute Gasteiger partial charge is 0.123 e. The van der Waals surface area contributed by atoms with Crippen LogP contribution in [0.2, 0.25) is 0 Å². The van der Waals surface area contributed by atoms with E-state index in [0.717, 1.165) is 29.7 Å². The molecule has 0 saturated carbocycles. The van der Waals surface area contributed by atoms with Crippen LogP contribution in [0.15, 0.2) is 108 Å². The van der Waals surface area contributed by atoms with Crippen LogP contribution in [-0.2, 0) is 10.2 Å². The number of allylic oxidation sites excluding steroid dienone is 4. The molecule has 0 heterocycles. The van der Waals surface area contributed by atoms with Gasteiger partial charge in [0, 0.05) is 12.0 Å². The molecule has 2 nitrogen and oxygen atoms in total. The molecule has 0 amide bonds. The number of rotatable bonds is 2. The molecule has 0 aliphatic heterocycles. The number of ether oxygens (including phenoxy) is 1. The van der Waals surface area contributed by atoms with E-state index >= 15 is 0 Å². The third-order valence-corrected chi connectivity index (χ3v) is 7.84. The second-order valence-corrected chi connectivity index (χ2v) is 9.29. The summed E-state index contributed by atoms with van der Waals surface area (Å²) in [5.74, 6) is 1.34. The Kier molecular flexibility index (Phi) is 3.99. The van der Waals surface area contributed by atoms with Gasteiger partial charge < -0.3 is 9.84 Å². The average Bonchev–Trinajstić information content (AvgIpc) is 3.36. The number of aromatic hydroxyl groups is 1. The van der Waals surface area contributed by atoms with Gasteiger partial charge in [0.25, 0.3) is 0 Å². The number of phenols is 1. The first-order valence-electron chi connectivity index (χ1n) is 11.8. The minimum Gasteiger partial charge on any atom is -0.507 e. The summed E-state index contributed by atoms with van der Waals surface area (Å²) < 4.78 is 5.78. The number of methoxy groups -OCH3 is 1. The van der Waals surface area contributed by atoms with Gasteiger partial charge in [-0.25, -0.2) is 0 Å². The van der Waals surface area contributed by atoms with Gasteiger partial charge in [0.15, 0.2) is 0 Å². The monoisotopic (exact) mass is 440 g/mol. The van der Waals surface area contributed by atoms with Crippen LogP contribution in [0.1, 0.15) is 35.1 Å². The summed E-state index contributed by atoms with van der Waals surface area (Å²) >= 11 is 0. The van der Waals surface area contributed by atoms with Crippen LogP contribution in [0.3, 0.4) is 0 Å². The molecule has 0 radical (unpaired) electrons. The molecule has 0 fully saturated rings. The predicted molar refractivity (Wildman–Crippen MR) is 137 cm³/mol. The fourth-order valence-corrected chi connectivity index (χ4v) is 6.53. The third kappa shape index (κ3) is 2.30. The molecular weight excluding hydrogens is 416 g/mol. The zero-order valence-electron chi connectivity index (χ0n) is 19.0. The van der Waals surface area contributed by atoms with Gasteiger partial charge in [-0.15, -0.1) is 0 Å². The minimum absolute atomic E-state index is 0.306. The van der Waals surface area contributed by atoms with Crippen LogP contribution in [0.4, 0.5) is 0 Å². The first-order valence-corrected chi connectivity index (χ1v) is 11.8. The van der Waals surface area contributed by atoms with Gasteiger partial charge >= 0.3 is 0 Å². The van der Waals surface area contributed by atoms with Crippen molar-refractivity contribution in [3.8, 4) is 28.0 Å². The van der Waals surface area contributed by atoms with Gasteiger partial charge in [0.2, 0.25) is 0 Å². The molecule has 164 valence electrons. The molecule has 7 rings (SSSR count). The molecule has 0 bridgehead atoms. The van der Waals surface area contributed by atoms with E-state index in [0.29, 0.717) is 5.75 Å². The van der Waals surface area contributed by atoms with Crippen molar-refractivity contribution in [2.24, 2.45) is 0 Å². The largest absolute Gasteiger partial charge is 0.507 e. The van der Waals surface area contributed by atoms with Gasteiger partial charge in [-0.3, -0.25) is 0 Å². The molecule has 1 unspecified atom stereocenters. The highest BCUT2D eigenvalue weighted by atomic mass is 16.5. The number of para-hydroxylation sites is 1. The second kappa shape index (κ2) is 6.98. The minimum atomic E-state index is -0.386. The van der Waals surface area contributed by atoms with E-state index in [-0.39, 0.29) is 5.41 Å². The van der Waals surface area contributed by atoms with Crippen molar-refractivity contribution in [3.05, 3.63) is 131 Å². The van der Waals surface area contributed by atoms with E-state index in [1.54, 1.807) is 13.2 Å². The van der Waals surface area contributed by atoms with E-state index < -0.39 is 0 Å². The molecule has 1 N–H and O–H groups in total. The van der Waals surface area contributed by atoms with Gasteiger partial charge in [0.05, 0.1) is 18.3 Å². The van der Waals surface area contributed by atoms with E-state index in [9.17, 15) is 5.11 Å². The molecule has 34 heavy (non-hydrogen) atoms. The summed E-state index contributed by atoms with van der Waals surface area (Å²) in [5.41, 5.74) is 12.0. The maximum atomic E-state index is 10.8. The Balaban J connectivity index is 1.65. The summed E-state index contributed by atoms with van der Waals surface area (Å²) in [6, 6.07) is 31.9. The van der Waals surface area contributed by atoms with Gasteiger partial charge in [-0.2, -0.15) is 0 Å². The Bertz CT molecular complexity index is 1560. The summed E-state index contributed by atoms with van der Waals surface area (Å²) in [5, 5.41) is 10.8. The fraction of sp³-hybridized carbons (Fsp3) is 0.125. The van der Waals surface area contributed by atoms with Gasteiger partial charge in [0.1, 0.15) is 5.75 Å². The topological polar surface area (TPSA) is 29.5 Å². The summed E-state index contributed by atoms with van der Waals surface area (Å²) in [6.45, 7) is 0. The van der Waals surface area contributed by atoms with Crippen molar-refractivity contribution >= 4 is 5.57 Å². The molecule has 1 spiro atoms. The molecule has 4 aromatic rings. The Morgan fingerprint density at radius 3 is 2.03 bits per heavy atom. The Labute approximate surface area is 199 Å². The lowest BCUT2D eigenvalue weighted by Crippen LogP contribution is -2.27. The number of phenolic OH excluding ortho intramolecular Hbond substituents is 1. The fourth-order valence-electron chi connectivity index (χ4n) is 6.53. The number of hydrogen-bond donors (Lipinski definition) is 1. The number of hydrogen-bond acceptors (Lipinski definition) is 2. The lowest BCUT2D eigenvalue weighted by atomic mass is 9.69.